The number of phenols is 1. The van der Waals surface area contributed by atoms with Gasteiger partial charge in [0, 0.05) is 25.5 Å². The van der Waals surface area contributed by atoms with Crippen LogP contribution in [-0.2, 0) is 13.0 Å². The van der Waals surface area contributed by atoms with Crippen molar-refractivity contribution >= 4 is 5.91 Å². The predicted octanol–water partition coefficient (Wildman–Crippen LogP) is 3.07. The van der Waals surface area contributed by atoms with Crippen molar-refractivity contribution in [1.82, 2.24) is 14.9 Å². The highest BCUT2D eigenvalue weighted by Crippen LogP contribution is 2.14. The number of nitrogens with zero attached hydrogens (tertiary/aromatic N) is 3. The maximum Gasteiger partial charge on any atom is 0.274 e. The molecule has 5 nitrogen and oxygen atoms in total. The van der Waals surface area contributed by atoms with Gasteiger partial charge in [-0.05, 0) is 29.7 Å². The molecule has 1 aromatic heterocycles. The standard InChI is InChI=1S/C20H19N3O2/c24-18-8-6-17(7-9-18)15-23(13-10-16-4-2-1-3-5-16)20(25)19-14-21-11-12-22-19/h1-9,11-12,14,24H,10,13,15H2. The third-order valence-electron chi connectivity index (χ3n) is 3.89. The van der Waals surface area contributed by atoms with Gasteiger partial charge >= 0.3 is 0 Å². The van der Waals surface area contributed by atoms with Gasteiger partial charge in [0.2, 0.25) is 0 Å². The lowest BCUT2D eigenvalue weighted by Gasteiger charge is -2.22. The number of hydrogen-bond donors (Lipinski definition) is 1. The van der Waals surface area contributed by atoms with Crippen LogP contribution in [-0.4, -0.2) is 32.4 Å². The molecule has 1 heterocycles. The largest absolute Gasteiger partial charge is 0.508 e. The normalized spacial score (nSPS) is 10.4. The van der Waals surface area contributed by atoms with Gasteiger partial charge in [0.05, 0.1) is 6.20 Å². The highest BCUT2D eigenvalue weighted by molar-refractivity contribution is 5.91. The molecule has 3 aromatic rings. The van der Waals surface area contributed by atoms with Crippen LogP contribution in [0.25, 0.3) is 0 Å². The van der Waals surface area contributed by atoms with E-state index >= 15 is 0 Å². The molecule has 0 bridgehead atoms. The first-order chi connectivity index (χ1) is 12.2. The fraction of sp³-hybridized carbons (Fsp3) is 0.150. The van der Waals surface area contributed by atoms with Gasteiger partial charge in [-0.1, -0.05) is 42.5 Å². The van der Waals surface area contributed by atoms with Crippen LogP contribution in [0.1, 0.15) is 21.6 Å². The van der Waals surface area contributed by atoms with Crippen molar-refractivity contribution in [2.45, 2.75) is 13.0 Å². The summed E-state index contributed by atoms with van der Waals surface area (Å²) in [7, 11) is 0. The predicted molar refractivity (Wildman–Crippen MR) is 95.0 cm³/mol. The van der Waals surface area contributed by atoms with Gasteiger partial charge in [-0.15, -0.1) is 0 Å². The molecule has 1 N–H and O–H groups in total. The zero-order chi connectivity index (χ0) is 17.5. The molecule has 3 rings (SSSR count). The number of rotatable bonds is 6. The summed E-state index contributed by atoms with van der Waals surface area (Å²) in [4.78, 5) is 22.7. The highest BCUT2D eigenvalue weighted by Gasteiger charge is 2.17. The summed E-state index contributed by atoms with van der Waals surface area (Å²) in [5.41, 5.74) is 2.45. The molecule has 0 fully saturated rings. The van der Waals surface area contributed by atoms with Gasteiger partial charge in [0.25, 0.3) is 5.91 Å². The Bertz CT molecular complexity index is 805. The zero-order valence-electron chi connectivity index (χ0n) is 13.7. The Hall–Kier alpha value is -3.21. The smallest absolute Gasteiger partial charge is 0.274 e. The Labute approximate surface area is 146 Å². The molecule has 25 heavy (non-hydrogen) atoms. The van der Waals surface area contributed by atoms with Crippen LogP contribution in [0.5, 0.6) is 5.75 Å². The monoisotopic (exact) mass is 333 g/mol. The van der Waals surface area contributed by atoms with Crippen LogP contribution >= 0.6 is 0 Å². The van der Waals surface area contributed by atoms with Crippen LogP contribution in [0, 0.1) is 0 Å². The molecule has 0 saturated heterocycles. The quantitative estimate of drug-likeness (QED) is 0.753. The molecule has 0 aliphatic heterocycles. The Morgan fingerprint density at radius 3 is 2.40 bits per heavy atom. The van der Waals surface area contributed by atoms with Crippen molar-refractivity contribution in [2.24, 2.45) is 0 Å². The summed E-state index contributed by atoms with van der Waals surface area (Å²) < 4.78 is 0. The summed E-state index contributed by atoms with van der Waals surface area (Å²) >= 11 is 0. The average Bonchev–Trinajstić information content (AvgIpc) is 2.67. The van der Waals surface area contributed by atoms with E-state index in [9.17, 15) is 9.90 Å². The molecule has 0 atom stereocenters. The van der Waals surface area contributed by atoms with Gasteiger partial charge < -0.3 is 10.0 Å². The molecule has 0 saturated carbocycles. The fourth-order valence-electron chi connectivity index (χ4n) is 2.55. The summed E-state index contributed by atoms with van der Waals surface area (Å²) in [5, 5.41) is 9.43. The number of benzene rings is 2. The van der Waals surface area contributed by atoms with E-state index in [0.29, 0.717) is 18.8 Å². The van der Waals surface area contributed by atoms with Gasteiger partial charge in [-0.25, -0.2) is 4.98 Å². The second-order valence-corrected chi connectivity index (χ2v) is 5.72. The minimum absolute atomic E-state index is 0.155. The molecule has 0 unspecified atom stereocenters. The van der Waals surface area contributed by atoms with E-state index in [2.05, 4.69) is 9.97 Å². The number of carbonyl (C=O) groups is 1. The van der Waals surface area contributed by atoms with Gasteiger partial charge in [0.1, 0.15) is 11.4 Å². The van der Waals surface area contributed by atoms with E-state index in [4.69, 9.17) is 0 Å². The lowest BCUT2D eigenvalue weighted by molar-refractivity contribution is 0.0738. The summed E-state index contributed by atoms with van der Waals surface area (Å²) in [6.07, 6.45) is 5.30. The molecule has 0 radical (unpaired) electrons. The Morgan fingerprint density at radius 1 is 0.960 bits per heavy atom. The Balaban J connectivity index is 1.77. The third-order valence-corrected chi connectivity index (χ3v) is 3.89. The number of carbonyl (C=O) groups excluding carboxylic acids is 1. The summed E-state index contributed by atoms with van der Waals surface area (Å²) in [6, 6.07) is 16.9. The molecule has 0 aliphatic carbocycles. The average molecular weight is 333 g/mol. The SMILES string of the molecule is O=C(c1cnccn1)N(CCc1ccccc1)Cc1ccc(O)cc1. The molecule has 0 aliphatic rings. The first kappa shape index (κ1) is 16.6. The molecular formula is C20H19N3O2. The Morgan fingerprint density at radius 2 is 1.72 bits per heavy atom. The third kappa shape index (κ3) is 4.64. The van der Waals surface area contributed by atoms with E-state index in [1.807, 2.05) is 42.5 Å². The van der Waals surface area contributed by atoms with Crippen molar-refractivity contribution in [2.75, 3.05) is 6.54 Å². The molecule has 126 valence electrons. The van der Waals surface area contributed by atoms with Crippen LogP contribution < -0.4 is 0 Å². The highest BCUT2D eigenvalue weighted by atomic mass is 16.3. The lowest BCUT2D eigenvalue weighted by Crippen LogP contribution is -2.33. The van der Waals surface area contributed by atoms with Crippen LogP contribution in [0.3, 0.4) is 0 Å². The molecular weight excluding hydrogens is 314 g/mol. The lowest BCUT2D eigenvalue weighted by atomic mass is 10.1. The number of aromatic nitrogens is 2. The maximum atomic E-state index is 12.8. The van der Waals surface area contributed by atoms with Crippen LogP contribution in [0.4, 0.5) is 0 Å². The molecule has 0 spiro atoms. The van der Waals surface area contributed by atoms with Gasteiger partial charge in [-0.2, -0.15) is 0 Å². The maximum absolute atomic E-state index is 12.8. The van der Waals surface area contributed by atoms with Gasteiger partial charge in [-0.3, -0.25) is 9.78 Å². The van der Waals surface area contributed by atoms with Crippen molar-refractivity contribution < 1.29 is 9.90 Å². The molecule has 2 aromatic carbocycles. The second kappa shape index (κ2) is 8.06. The summed E-state index contributed by atoms with van der Waals surface area (Å²) in [5.74, 6) is 0.0527. The summed E-state index contributed by atoms with van der Waals surface area (Å²) in [6.45, 7) is 1.02. The topological polar surface area (TPSA) is 66.3 Å². The Kier molecular flexibility index (Phi) is 5.36. The van der Waals surface area contributed by atoms with E-state index in [-0.39, 0.29) is 11.7 Å². The van der Waals surface area contributed by atoms with E-state index in [1.54, 1.807) is 23.2 Å². The van der Waals surface area contributed by atoms with E-state index in [1.165, 1.54) is 18.0 Å². The van der Waals surface area contributed by atoms with E-state index in [0.717, 1.165) is 12.0 Å². The first-order valence-corrected chi connectivity index (χ1v) is 8.09. The van der Waals surface area contributed by atoms with E-state index < -0.39 is 0 Å². The van der Waals surface area contributed by atoms with Crippen molar-refractivity contribution in [3.05, 3.63) is 90.0 Å². The first-order valence-electron chi connectivity index (χ1n) is 8.09. The zero-order valence-corrected chi connectivity index (χ0v) is 13.7. The number of amides is 1. The van der Waals surface area contributed by atoms with Crippen molar-refractivity contribution in [1.29, 1.82) is 0 Å². The minimum Gasteiger partial charge on any atom is -0.508 e. The number of hydrogen-bond acceptors (Lipinski definition) is 4. The number of aromatic hydroxyl groups is 1. The van der Waals surface area contributed by atoms with Crippen molar-refractivity contribution in [3.8, 4) is 5.75 Å². The second-order valence-electron chi connectivity index (χ2n) is 5.72. The van der Waals surface area contributed by atoms with Crippen molar-refractivity contribution in [3.63, 3.8) is 0 Å². The minimum atomic E-state index is -0.155. The fourth-order valence-corrected chi connectivity index (χ4v) is 2.55. The van der Waals surface area contributed by atoms with Crippen LogP contribution in [0.2, 0.25) is 0 Å². The molecule has 5 heteroatoms. The van der Waals surface area contributed by atoms with Gasteiger partial charge in [0.15, 0.2) is 0 Å². The van der Waals surface area contributed by atoms with Crippen LogP contribution in [0.15, 0.2) is 73.2 Å². The molecule has 1 amide bonds. The number of phenolic OH excluding ortho intramolecular Hbond substituents is 1.